The van der Waals surface area contributed by atoms with E-state index in [1.54, 1.807) is 12.3 Å². The Morgan fingerprint density at radius 1 is 1.41 bits per heavy atom. The van der Waals surface area contributed by atoms with Gasteiger partial charge in [-0.3, -0.25) is 0 Å². The Hall–Kier alpha value is -0.510. The SMILES string of the molecule is CC1(CNc2ncc(Cl)cc2Cl)CCNCC1. The van der Waals surface area contributed by atoms with Gasteiger partial charge < -0.3 is 10.6 Å². The summed E-state index contributed by atoms with van der Waals surface area (Å²) in [5, 5.41) is 7.83. The predicted octanol–water partition coefficient (Wildman–Crippen LogP) is 3.19. The highest BCUT2D eigenvalue weighted by molar-refractivity contribution is 6.35. The van der Waals surface area contributed by atoms with Crippen LogP contribution in [0, 0.1) is 5.41 Å². The second-order valence-electron chi connectivity index (χ2n) is 4.90. The molecule has 0 bridgehead atoms. The van der Waals surface area contributed by atoms with Crippen LogP contribution in [0.2, 0.25) is 10.0 Å². The van der Waals surface area contributed by atoms with Crippen molar-refractivity contribution < 1.29 is 0 Å². The van der Waals surface area contributed by atoms with Crippen LogP contribution >= 0.6 is 23.2 Å². The zero-order valence-corrected chi connectivity index (χ0v) is 11.4. The van der Waals surface area contributed by atoms with E-state index in [0.29, 0.717) is 15.5 Å². The van der Waals surface area contributed by atoms with Crippen molar-refractivity contribution in [2.75, 3.05) is 25.0 Å². The summed E-state index contributed by atoms with van der Waals surface area (Å²) in [6, 6.07) is 1.71. The summed E-state index contributed by atoms with van der Waals surface area (Å²) < 4.78 is 0. The summed E-state index contributed by atoms with van der Waals surface area (Å²) in [5.74, 6) is 0.718. The maximum absolute atomic E-state index is 6.07. The van der Waals surface area contributed by atoms with E-state index >= 15 is 0 Å². The van der Waals surface area contributed by atoms with Crippen LogP contribution in [0.15, 0.2) is 12.3 Å². The Kier molecular flexibility index (Phi) is 4.13. The number of anilines is 1. The zero-order valence-electron chi connectivity index (χ0n) is 9.89. The lowest BCUT2D eigenvalue weighted by molar-refractivity contribution is 0.247. The van der Waals surface area contributed by atoms with E-state index in [-0.39, 0.29) is 0 Å². The number of halogens is 2. The summed E-state index contributed by atoms with van der Waals surface area (Å²) in [6.07, 6.45) is 3.96. The molecule has 0 aromatic carbocycles. The maximum atomic E-state index is 6.07. The number of hydrogen-bond acceptors (Lipinski definition) is 3. The number of pyridine rings is 1. The summed E-state index contributed by atoms with van der Waals surface area (Å²) in [7, 11) is 0. The third kappa shape index (κ3) is 3.47. The lowest BCUT2D eigenvalue weighted by Gasteiger charge is -2.34. The van der Waals surface area contributed by atoms with Crippen LogP contribution in [-0.4, -0.2) is 24.6 Å². The number of piperidine rings is 1. The van der Waals surface area contributed by atoms with E-state index in [1.807, 2.05) is 0 Å². The lowest BCUT2D eigenvalue weighted by Crippen LogP contribution is -2.39. The highest BCUT2D eigenvalue weighted by Gasteiger charge is 2.26. The highest BCUT2D eigenvalue weighted by Crippen LogP contribution is 2.29. The fourth-order valence-electron chi connectivity index (χ4n) is 2.05. The van der Waals surface area contributed by atoms with Crippen molar-refractivity contribution >= 4 is 29.0 Å². The zero-order chi connectivity index (χ0) is 12.3. The fraction of sp³-hybridized carbons (Fsp3) is 0.583. The van der Waals surface area contributed by atoms with Crippen LogP contribution in [0.5, 0.6) is 0 Å². The third-order valence-electron chi connectivity index (χ3n) is 3.30. The van der Waals surface area contributed by atoms with Gasteiger partial charge in [-0.25, -0.2) is 4.98 Å². The minimum absolute atomic E-state index is 0.315. The molecule has 0 aliphatic carbocycles. The van der Waals surface area contributed by atoms with Crippen molar-refractivity contribution in [3.8, 4) is 0 Å². The Morgan fingerprint density at radius 2 is 2.12 bits per heavy atom. The van der Waals surface area contributed by atoms with E-state index in [1.165, 1.54) is 12.8 Å². The first-order chi connectivity index (χ1) is 8.09. The van der Waals surface area contributed by atoms with Gasteiger partial charge in [0.05, 0.1) is 10.0 Å². The molecule has 1 saturated heterocycles. The molecule has 3 nitrogen and oxygen atoms in total. The normalized spacial score (nSPS) is 19.0. The quantitative estimate of drug-likeness (QED) is 0.888. The predicted molar refractivity (Wildman–Crippen MR) is 73.0 cm³/mol. The molecule has 0 amide bonds. The van der Waals surface area contributed by atoms with Gasteiger partial charge >= 0.3 is 0 Å². The average molecular weight is 274 g/mol. The summed E-state index contributed by atoms with van der Waals surface area (Å²) in [6.45, 7) is 5.35. The first-order valence-electron chi connectivity index (χ1n) is 5.85. The molecule has 2 rings (SSSR count). The van der Waals surface area contributed by atoms with Crippen LogP contribution in [0.3, 0.4) is 0 Å². The van der Waals surface area contributed by atoms with Crippen LogP contribution in [0.1, 0.15) is 19.8 Å². The molecule has 1 aromatic rings. The van der Waals surface area contributed by atoms with E-state index in [2.05, 4.69) is 22.5 Å². The molecule has 2 heterocycles. The van der Waals surface area contributed by atoms with E-state index in [0.717, 1.165) is 25.5 Å². The smallest absolute Gasteiger partial charge is 0.144 e. The molecular formula is C12H17Cl2N3. The van der Waals surface area contributed by atoms with Gasteiger partial charge in [0.25, 0.3) is 0 Å². The van der Waals surface area contributed by atoms with Crippen molar-refractivity contribution in [2.45, 2.75) is 19.8 Å². The number of aromatic nitrogens is 1. The molecule has 1 aliphatic rings. The van der Waals surface area contributed by atoms with E-state index in [9.17, 15) is 0 Å². The van der Waals surface area contributed by atoms with Crippen LogP contribution in [0.4, 0.5) is 5.82 Å². The summed E-state index contributed by atoms with van der Waals surface area (Å²) >= 11 is 11.9. The number of hydrogen-bond donors (Lipinski definition) is 2. The topological polar surface area (TPSA) is 37.0 Å². The average Bonchev–Trinajstić information content (AvgIpc) is 2.29. The third-order valence-corrected chi connectivity index (χ3v) is 3.80. The Morgan fingerprint density at radius 3 is 2.76 bits per heavy atom. The number of nitrogens with one attached hydrogen (secondary N) is 2. The van der Waals surface area contributed by atoms with Gasteiger partial charge in [0.15, 0.2) is 0 Å². The monoisotopic (exact) mass is 273 g/mol. The van der Waals surface area contributed by atoms with Gasteiger partial charge in [0, 0.05) is 12.7 Å². The molecular weight excluding hydrogens is 257 g/mol. The van der Waals surface area contributed by atoms with Gasteiger partial charge in [-0.1, -0.05) is 30.1 Å². The molecule has 17 heavy (non-hydrogen) atoms. The van der Waals surface area contributed by atoms with Crippen LogP contribution < -0.4 is 10.6 Å². The largest absolute Gasteiger partial charge is 0.368 e. The van der Waals surface area contributed by atoms with Gasteiger partial charge in [-0.2, -0.15) is 0 Å². The number of rotatable bonds is 3. The minimum Gasteiger partial charge on any atom is -0.368 e. The molecule has 94 valence electrons. The Bertz CT molecular complexity index is 389. The van der Waals surface area contributed by atoms with Gasteiger partial charge in [0.2, 0.25) is 0 Å². The molecule has 1 aromatic heterocycles. The molecule has 2 N–H and O–H groups in total. The molecule has 0 spiro atoms. The van der Waals surface area contributed by atoms with Crippen molar-refractivity contribution in [2.24, 2.45) is 5.41 Å². The first-order valence-corrected chi connectivity index (χ1v) is 6.60. The summed E-state index contributed by atoms with van der Waals surface area (Å²) in [4.78, 5) is 4.20. The van der Waals surface area contributed by atoms with E-state index < -0.39 is 0 Å². The number of nitrogens with zero attached hydrogens (tertiary/aromatic N) is 1. The second-order valence-corrected chi connectivity index (χ2v) is 5.74. The van der Waals surface area contributed by atoms with Gasteiger partial charge in [-0.05, 0) is 37.4 Å². The fourth-order valence-corrected chi connectivity index (χ4v) is 2.50. The Labute approximate surface area is 112 Å². The second kappa shape index (κ2) is 5.42. The lowest BCUT2D eigenvalue weighted by atomic mass is 9.81. The molecule has 0 saturated carbocycles. The molecule has 5 heteroatoms. The minimum atomic E-state index is 0.315. The van der Waals surface area contributed by atoms with Crippen molar-refractivity contribution in [3.63, 3.8) is 0 Å². The summed E-state index contributed by atoms with van der Waals surface area (Å²) in [5.41, 5.74) is 0.315. The van der Waals surface area contributed by atoms with E-state index in [4.69, 9.17) is 23.2 Å². The highest BCUT2D eigenvalue weighted by atomic mass is 35.5. The maximum Gasteiger partial charge on any atom is 0.144 e. The first kappa shape index (κ1) is 12.9. The van der Waals surface area contributed by atoms with Crippen molar-refractivity contribution in [3.05, 3.63) is 22.3 Å². The standard InChI is InChI=1S/C12H17Cl2N3/c1-12(2-4-15-5-3-12)8-17-11-10(14)6-9(13)7-16-11/h6-7,15H,2-5,8H2,1H3,(H,16,17). The molecule has 0 unspecified atom stereocenters. The molecule has 0 radical (unpaired) electrons. The molecule has 1 fully saturated rings. The molecule has 1 aliphatic heterocycles. The van der Waals surface area contributed by atoms with Crippen molar-refractivity contribution in [1.29, 1.82) is 0 Å². The van der Waals surface area contributed by atoms with Gasteiger partial charge in [-0.15, -0.1) is 0 Å². The van der Waals surface area contributed by atoms with Crippen LogP contribution in [0.25, 0.3) is 0 Å². The Balaban J connectivity index is 1.97. The van der Waals surface area contributed by atoms with Gasteiger partial charge in [0.1, 0.15) is 5.82 Å². The molecule has 0 atom stereocenters. The van der Waals surface area contributed by atoms with Crippen LogP contribution in [-0.2, 0) is 0 Å². The van der Waals surface area contributed by atoms with Crippen molar-refractivity contribution in [1.82, 2.24) is 10.3 Å².